The van der Waals surface area contributed by atoms with E-state index in [4.69, 9.17) is 4.74 Å². The van der Waals surface area contributed by atoms with Crippen molar-refractivity contribution in [1.29, 1.82) is 0 Å². The van der Waals surface area contributed by atoms with Gasteiger partial charge in [0.25, 0.3) is 5.91 Å². The van der Waals surface area contributed by atoms with Crippen molar-refractivity contribution in [2.24, 2.45) is 0 Å². The summed E-state index contributed by atoms with van der Waals surface area (Å²) < 4.78 is 59.6. The van der Waals surface area contributed by atoms with Gasteiger partial charge in [0.15, 0.2) is 0 Å². The van der Waals surface area contributed by atoms with Gasteiger partial charge in [-0.25, -0.2) is 17.2 Å². The molecule has 9 heteroatoms. The Morgan fingerprint density at radius 1 is 1.11 bits per heavy atom. The van der Waals surface area contributed by atoms with Gasteiger partial charge in [-0.1, -0.05) is 6.07 Å². The van der Waals surface area contributed by atoms with Crippen LogP contribution in [0.2, 0.25) is 0 Å². The van der Waals surface area contributed by atoms with Gasteiger partial charge in [0.1, 0.15) is 28.0 Å². The quantitative estimate of drug-likeness (QED) is 0.843. The zero-order valence-corrected chi connectivity index (χ0v) is 15.4. The predicted octanol–water partition coefficient (Wildman–Crippen LogP) is 3.01. The first kappa shape index (κ1) is 19.2. The number of nitrogens with one attached hydrogen (secondary N) is 1. The molecule has 3 rings (SSSR count). The highest BCUT2D eigenvalue weighted by Gasteiger charge is 2.30. The fourth-order valence-corrected chi connectivity index (χ4v) is 4.59. The summed E-state index contributed by atoms with van der Waals surface area (Å²) >= 11 is 0. The zero-order chi connectivity index (χ0) is 19.6. The van der Waals surface area contributed by atoms with Crippen LogP contribution >= 0.6 is 0 Å². The van der Waals surface area contributed by atoms with E-state index in [0.717, 1.165) is 31.0 Å². The molecule has 1 aliphatic heterocycles. The number of carbonyl (C=O) groups is 1. The molecule has 2 aromatic carbocycles. The molecule has 144 valence electrons. The first-order valence-electron chi connectivity index (χ1n) is 8.28. The van der Waals surface area contributed by atoms with Gasteiger partial charge in [-0.05, 0) is 43.2 Å². The number of nitrogens with zero attached hydrogens (tertiary/aromatic N) is 1. The molecule has 27 heavy (non-hydrogen) atoms. The number of para-hydroxylation sites is 1. The summed E-state index contributed by atoms with van der Waals surface area (Å²) in [6.07, 6.45) is 1.52. The maximum atomic E-state index is 13.7. The van der Waals surface area contributed by atoms with Gasteiger partial charge in [-0.15, -0.1) is 0 Å². The number of amides is 1. The van der Waals surface area contributed by atoms with Crippen molar-refractivity contribution in [3.8, 4) is 5.75 Å². The Hall–Kier alpha value is -2.52. The number of hydrogen-bond donors (Lipinski definition) is 1. The SMILES string of the molecule is COc1ccc(C(=O)Nc2c(F)cccc2F)cc1S(=O)(=O)N1CCCC1. The number of sulfonamides is 1. The van der Waals surface area contributed by atoms with E-state index in [1.807, 2.05) is 0 Å². The second-order valence-corrected chi connectivity index (χ2v) is 7.93. The summed E-state index contributed by atoms with van der Waals surface area (Å²) in [5.74, 6) is -2.60. The number of anilines is 1. The van der Waals surface area contributed by atoms with Crippen molar-refractivity contribution < 1.29 is 26.7 Å². The Kier molecular flexibility index (Phi) is 5.43. The van der Waals surface area contributed by atoms with E-state index >= 15 is 0 Å². The van der Waals surface area contributed by atoms with Gasteiger partial charge in [0.2, 0.25) is 10.0 Å². The highest BCUT2D eigenvalue weighted by atomic mass is 32.2. The van der Waals surface area contributed by atoms with Crippen LogP contribution in [0.25, 0.3) is 0 Å². The second kappa shape index (κ2) is 7.61. The molecular formula is C18H18F2N2O4S. The van der Waals surface area contributed by atoms with Gasteiger partial charge in [0, 0.05) is 18.7 Å². The van der Waals surface area contributed by atoms with Crippen LogP contribution in [-0.2, 0) is 10.0 Å². The Bertz CT molecular complexity index is 953. The normalized spacial score (nSPS) is 14.9. The Balaban J connectivity index is 1.96. The van der Waals surface area contributed by atoms with Crippen molar-refractivity contribution in [1.82, 2.24) is 4.31 Å². The van der Waals surface area contributed by atoms with E-state index < -0.39 is 33.3 Å². The molecule has 6 nitrogen and oxygen atoms in total. The second-order valence-electron chi connectivity index (χ2n) is 6.03. The fraction of sp³-hybridized carbons (Fsp3) is 0.278. The van der Waals surface area contributed by atoms with E-state index in [1.165, 1.54) is 29.6 Å². The van der Waals surface area contributed by atoms with Crippen LogP contribution in [0.1, 0.15) is 23.2 Å². The minimum absolute atomic E-state index is 0.0591. The van der Waals surface area contributed by atoms with Gasteiger partial charge >= 0.3 is 0 Å². The molecule has 0 atom stereocenters. The summed E-state index contributed by atoms with van der Waals surface area (Å²) in [6.45, 7) is 0.782. The summed E-state index contributed by atoms with van der Waals surface area (Å²) in [5, 5.41) is 2.14. The molecular weight excluding hydrogens is 378 g/mol. The lowest BCUT2D eigenvalue weighted by Gasteiger charge is -2.18. The minimum atomic E-state index is -3.85. The van der Waals surface area contributed by atoms with Crippen molar-refractivity contribution in [2.45, 2.75) is 17.7 Å². The van der Waals surface area contributed by atoms with E-state index in [-0.39, 0.29) is 16.2 Å². The van der Waals surface area contributed by atoms with Crippen LogP contribution in [0, 0.1) is 11.6 Å². The molecule has 1 amide bonds. The lowest BCUT2D eigenvalue weighted by molar-refractivity contribution is 0.102. The van der Waals surface area contributed by atoms with Crippen molar-refractivity contribution in [3.63, 3.8) is 0 Å². The van der Waals surface area contributed by atoms with E-state index in [0.29, 0.717) is 13.1 Å². The molecule has 1 aliphatic rings. The highest BCUT2D eigenvalue weighted by Crippen LogP contribution is 2.30. The number of hydrogen-bond acceptors (Lipinski definition) is 4. The van der Waals surface area contributed by atoms with Crippen molar-refractivity contribution in [2.75, 3.05) is 25.5 Å². The van der Waals surface area contributed by atoms with Gasteiger partial charge in [0.05, 0.1) is 7.11 Å². The van der Waals surface area contributed by atoms with Crippen LogP contribution in [0.15, 0.2) is 41.3 Å². The molecule has 0 saturated carbocycles. The third-order valence-corrected chi connectivity index (χ3v) is 6.23. The Morgan fingerprint density at radius 2 is 1.74 bits per heavy atom. The third-order valence-electron chi connectivity index (χ3n) is 4.31. The number of ether oxygens (including phenoxy) is 1. The fourth-order valence-electron chi connectivity index (χ4n) is 2.89. The van der Waals surface area contributed by atoms with Crippen LogP contribution in [0.5, 0.6) is 5.75 Å². The molecule has 0 bridgehead atoms. The van der Waals surface area contributed by atoms with Crippen LogP contribution in [0.4, 0.5) is 14.5 Å². The van der Waals surface area contributed by atoms with Crippen LogP contribution in [0.3, 0.4) is 0 Å². The first-order chi connectivity index (χ1) is 12.8. The maximum absolute atomic E-state index is 13.7. The molecule has 0 aliphatic carbocycles. The number of carbonyl (C=O) groups excluding carboxylic acids is 1. The zero-order valence-electron chi connectivity index (χ0n) is 14.5. The highest BCUT2D eigenvalue weighted by molar-refractivity contribution is 7.89. The smallest absolute Gasteiger partial charge is 0.255 e. The number of methoxy groups -OCH3 is 1. The van der Waals surface area contributed by atoms with Crippen molar-refractivity contribution in [3.05, 3.63) is 53.6 Å². The Labute approximate surface area is 155 Å². The molecule has 1 saturated heterocycles. The minimum Gasteiger partial charge on any atom is -0.495 e. The van der Waals surface area contributed by atoms with E-state index in [9.17, 15) is 22.0 Å². The summed E-state index contributed by atoms with van der Waals surface area (Å²) in [6, 6.07) is 7.02. The lowest BCUT2D eigenvalue weighted by atomic mass is 10.2. The molecule has 1 heterocycles. The summed E-state index contributed by atoms with van der Waals surface area (Å²) in [5.41, 5.74) is -0.654. The molecule has 1 N–H and O–H groups in total. The lowest BCUT2D eigenvalue weighted by Crippen LogP contribution is -2.28. The van der Waals surface area contributed by atoms with Gasteiger partial charge < -0.3 is 10.1 Å². The van der Waals surface area contributed by atoms with E-state index in [1.54, 1.807) is 0 Å². The average Bonchev–Trinajstić information content (AvgIpc) is 3.20. The Morgan fingerprint density at radius 3 is 2.33 bits per heavy atom. The molecule has 0 unspecified atom stereocenters. The molecule has 1 fully saturated rings. The largest absolute Gasteiger partial charge is 0.495 e. The third kappa shape index (κ3) is 3.79. The monoisotopic (exact) mass is 396 g/mol. The molecule has 0 radical (unpaired) electrons. The molecule has 2 aromatic rings. The summed E-state index contributed by atoms with van der Waals surface area (Å²) in [4.78, 5) is 12.3. The molecule has 0 spiro atoms. The number of rotatable bonds is 5. The van der Waals surface area contributed by atoms with Crippen molar-refractivity contribution >= 4 is 21.6 Å². The van der Waals surface area contributed by atoms with E-state index in [2.05, 4.69) is 5.32 Å². The standard InChI is InChI=1S/C18H18F2N2O4S/c1-26-15-8-7-12(11-16(15)27(24,25)22-9-2-3-10-22)18(23)21-17-13(19)5-4-6-14(17)20/h4-8,11H,2-3,9-10H2,1H3,(H,21,23). The average molecular weight is 396 g/mol. The number of benzene rings is 2. The first-order valence-corrected chi connectivity index (χ1v) is 9.72. The number of halogens is 2. The molecule has 0 aromatic heterocycles. The summed E-state index contributed by atoms with van der Waals surface area (Å²) in [7, 11) is -2.52. The maximum Gasteiger partial charge on any atom is 0.255 e. The van der Waals surface area contributed by atoms with Gasteiger partial charge in [-0.3, -0.25) is 4.79 Å². The predicted molar refractivity (Wildman–Crippen MR) is 95.3 cm³/mol. The van der Waals surface area contributed by atoms with Crippen LogP contribution in [-0.4, -0.2) is 38.8 Å². The topological polar surface area (TPSA) is 75.7 Å². The van der Waals surface area contributed by atoms with Crippen LogP contribution < -0.4 is 10.1 Å². The van der Waals surface area contributed by atoms with Gasteiger partial charge in [-0.2, -0.15) is 4.31 Å².